The molecule has 0 saturated carbocycles. The van der Waals surface area contributed by atoms with Crippen LogP contribution >= 0.6 is 22.6 Å². The Labute approximate surface area is 246 Å². The monoisotopic (exact) mass is 668 g/mol. The highest BCUT2D eigenvalue weighted by Gasteiger charge is 2.32. The predicted molar refractivity (Wildman–Crippen MR) is 156 cm³/mol. The van der Waals surface area contributed by atoms with Crippen molar-refractivity contribution in [2.45, 2.75) is 33.0 Å². The number of halogens is 1. The lowest BCUT2D eigenvalue weighted by atomic mass is 9.95. The molecule has 0 fully saturated rings. The third-order valence-corrected chi connectivity index (χ3v) is 6.45. The van der Waals surface area contributed by atoms with Gasteiger partial charge in [0.1, 0.15) is 6.61 Å². The van der Waals surface area contributed by atoms with Gasteiger partial charge in [0.2, 0.25) is 0 Å². The van der Waals surface area contributed by atoms with E-state index < -0.39 is 24.3 Å². The molecule has 2 aromatic carbocycles. The number of allylic oxidation sites excluding steroid dienone is 1. The summed E-state index contributed by atoms with van der Waals surface area (Å²) in [5.74, 6) is 1.42. The molecule has 0 saturated heterocycles. The molecule has 0 spiro atoms. The summed E-state index contributed by atoms with van der Waals surface area (Å²) in [5.41, 5.74) is 4.63. The molecule has 4 N–H and O–H groups in total. The van der Waals surface area contributed by atoms with Crippen LogP contribution in [0.3, 0.4) is 0 Å². The predicted octanol–water partition coefficient (Wildman–Crippen LogP) is 3.22. The minimum absolute atomic E-state index is 0.141. The zero-order valence-electron chi connectivity index (χ0n) is 22.9. The van der Waals surface area contributed by atoms with Crippen molar-refractivity contribution in [1.82, 2.24) is 16.1 Å². The number of hydrogen-bond donors (Lipinski definition) is 4. The van der Waals surface area contributed by atoms with Crippen LogP contribution in [0.1, 0.15) is 37.9 Å². The number of carbonyl (C=O) groups excluding carboxylic acids is 2. The maximum absolute atomic E-state index is 12.4. The van der Waals surface area contributed by atoms with E-state index in [4.69, 9.17) is 23.7 Å². The summed E-state index contributed by atoms with van der Waals surface area (Å²) >= 11 is 2.16. The lowest BCUT2D eigenvalue weighted by Gasteiger charge is -2.28. The Morgan fingerprint density at radius 3 is 2.55 bits per heavy atom. The van der Waals surface area contributed by atoms with Gasteiger partial charge in [-0.2, -0.15) is 5.10 Å². The molecular formula is C27H33IN4O8. The number of carbonyl (C=O) groups is 2. The quantitative estimate of drug-likeness (QED) is 0.0831. The van der Waals surface area contributed by atoms with Gasteiger partial charge >= 0.3 is 12.0 Å². The number of benzene rings is 2. The first-order valence-electron chi connectivity index (χ1n) is 12.4. The number of esters is 1. The van der Waals surface area contributed by atoms with Crippen LogP contribution in [0.4, 0.5) is 4.79 Å². The Kier molecular flexibility index (Phi) is 11.3. The van der Waals surface area contributed by atoms with Crippen LogP contribution in [-0.2, 0) is 9.53 Å². The van der Waals surface area contributed by atoms with E-state index in [1.54, 1.807) is 44.5 Å². The van der Waals surface area contributed by atoms with Crippen molar-refractivity contribution in [1.29, 1.82) is 0 Å². The number of aliphatic hydroxyl groups excluding tert-OH is 1. The molecule has 0 aliphatic carbocycles. The van der Waals surface area contributed by atoms with Crippen LogP contribution in [0, 0.1) is 3.57 Å². The van der Waals surface area contributed by atoms with E-state index in [2.05, 4.69) is 43.8 Å². The highest BCUT2D eigenvalue weighted by molar-refractivity contribution is 14.1. The lowest BCUT2D eigenvalue weighted by molar-refractivity contribution is -0.136. The van der Waals surface area contributed by atoms with E-state index in [-0.39, 0.29) is 12.2 Å². The molecule has 2 amide bonds. The van der Waals surface area contributed by atoms with Crippen LogP contribution in [0.25, 0.3) is 0 Å². The molecular weight excluding hydrogens is 635 g/mol. The molecule has 1 aliphatic rings. The minimum atomic E-state index is -1.13. The average molecular weight is 668 g/mol. The SMILES string of the molecule is CCOc1cc([C@@H]2NC(=O)NC(C)=C2C(=O)OC)ccc1OC[C@H](O)N/N=C/c1cc(I)c(OCC)c(OC)c1. The number of nitrogens with one attached hydrogen (secondary N) is 3. The van der Waals surface area contributed by atoms with Gasteiger partial charge in [0, 0.05) is 5.70 Å². The first kappa shape index (κ1) is 30.8. The van der Waals surface area contributed by atoms with Gasteiger partial charge in [0.05, 0.1) is 48.8 Å². The molecule has 2 aromatic rings. The molecule has 1 aliphatic heterocycles. The van der Waals surface area contributed by atoms with Gasteiger partial charge < -0.3 is 39.4 Å². The molecule has 2 atom stereocenters. The van der Waals surface area contributed by atoms with Crippen molar-refractivity contribution in [2.75, 3.05) is 34.0 Å². The molecule has 0 unspecified atom stereocenters. The zero-order valence-corrected chi connectivity index (χ0v) is 25.0. The minimum Gasteiger partial charge on any atom is -0.493 e. The van der Waals surface area contributed by atoms with E-state index in [0.717, 1.165) is 9.13 Å². The molecule has 216 valence electrons. The maximum atomic E-state index is 12.4. The molecule has 3 rings (SSSR count). The van der Waals surface area contributed by atoms with Crippen molar-refractivity contribution in [2.24, 2.45) is 5.10 Å². The lowest BCUT2D eigenvalue weighted by Crippen LogP contribution is -2.45. The summed E-state index contributed by atoms with van der Waals surface area (Å²) in [6.07, 6.45) is 0.417. The number of rotatable bonds is 13. The maximum Gasteiger partial charge on any atom is 0.337 e. The van der Waals surface area contributed by atoms with Crippen LogP contribution in [0.2, 0.25) is 0 Å². The average Bonchev–Trinajstić information content (AvgIpc) is 2.93. The Morgan fingerprint density at radius 2 is 1.88 bits per heavy atom. The second-order valence-electron chi connectivity index (χ2n) is 8.38. The number of hydrogen-bond acceptors (Lipinski definition) is 10. The Morgan fingerprint density at radius 1 is 1.12 bits per heavy atom. The van der Waals surface area contributed by atoms with Crippen LogP contribution in [0.15, 0.2) is 46.7 Å². The van der Waals surface area contributed by atoms with E-state index in [0.29, 0.717) is 47.5 Å². The number of aliphatic hydroxyl groups is 1. The molecule has 0 aromatic heterocycles. The second-order valence-corrected chi connectivity index (χ2v) is 9.54. The summed E-state index contributed by atoms with van der Waals surface area (Å²) in [7, 11) is 2.84. The molecule has 1 heterocycles. The highest BCUT2D eigenvalue weighted by atomic mass is 127. The standard InChI is InChI=1S/C27H33IN4O8/c1-6-38-20-12-17(24-23(26(34)37-5)15(3)30-27(35)31-24)8-9-19(20)40-14-22(33)32-29-13-16-10-18(28)25(39-7-2)21(11-16)36-4/h8-13,22,24,32-33H,6-7,14H2,1-5H3,(H2,30,31,35)/b29-13+/t22-,24-/m0/s1. The number of urea groups is 1. The van der Waals surface area contributed by atoms with Crippen LogP contribution in [0.5, 0.6) is 23.0 Å². The Bertz CT molecular complexity index is 1280. The number of amides is 2. The normalized spacial score (nSPS) is 15.7. The van der Waals surface area contributed by atoms with Gasteiger partial charge in [-0.25, -0.2) is 9.59 Å². The van der Waals surface area contributed by atoms with Crippen molar-refractivity contribution < 1.29 is 38.4 Å². The first-order chi connectivity index (χ1) is 19.2. The van der Waals surface area contributed by atoms with Crippen molar-refractivity contribution in [3.8, 4) is 23.0 Å². The Balaban J connectivity index is 1.69. The van der Waals surface area contributed by atoms with E-state index >= 15 is 0 Å². The van der Waals surface area contributed by atoms with Crippen molar-refractivity contribution >= 4 is 40.8 Å². The number of nitrogens with zero attached hydrogens (tertiary/aromatic N) is 1. The van der Waals surface area contributed by atoms with Gasteiger partial charge in [0.25, 0.3) is 0 Å². The van der Waals surface area contributed by atoms with Crippen LogP contribution in [-0.4, -0.2) is 63.6 Å². The summed E-state index contributed by atoms with van der Waals surface area (Å²) in [4.78, 5) is 24.5. The molecule has 40 heavy (non-hydrogen) atoms. The van der Waals surface area contributed by atoms with Gasteiger partial charge in [-0.1, -0.05) is 6.07 Å². The zero-order chi connectivity index (χ0) is 29.2. The van der Waals surface area contributed by atoms with Gasteiger partial charge in [-0.3, -0.25) is 5.43 Å². The third kappa shape index (κ3) is 7.69. The van der Waals surface area contributed by atoms with E-state index in [1.165, 1.54) is 7.11 Å². The second kappa shape index (κ2) is 14.6. The number of methoxy groups -OCH3 is 2. The molecule has 0 radical (unpaired) electrons. The van der Waals surface area contributed by atoms with E-state index in [1.807, 2.05) is 19.9 Å². The fraction of sp³-hybridized carbons (Fsp3) is 0.370. The molecule has 12 nitrogen and oxygen atoms in total. The highest BCUT2D eigenvalue weighted by Crippen LogP contribution is 2.35. The molecule has 13 heteroatoms. The fourth-order valence-corrected chi connectivity index (χ4v) is 4.70. The summed E-state index contributed by atoms with van der Waals surface area (Å²) in [6, 6.07) is 7.48. The fourth-order valence-electron chi connectivity index (χ4n) is 3.92. The van der Waals surface area contributed by atoms with E-state index in [9.17, 15) is 14.7 Å². The van der Waals surface area contributed by atoms with Crippen molar-refractivity contribution in [3.63, 3.8) is 0 Å². The summed E-state index contributed by atoms with van der Waals surface area (Å²) in [6.45, 7) is 6.06. The summed E-state index contributed by atoms with van der Waals surface area (Å²) < 4.78 is 28.3. The topological polar surface area (TPSA) is 149 Å². The van der Waals surface area contributed by atoms with Crippen LogP contribution < -0.4 is 35.0 Å². The number of hydrazone groups is 1. The third-order valence-electron chi connectivity index (χ3n) is 5.65. The van der Waals surface area contributed by atoms with Gasteiger partial charge in [-0.15, -0.1) is 0 Å². The largest absolute Gasteiger partial charge is 0.493 e. The smallest absolute Gasteiger partial charge is 0.337 e. The van der Waals surface area contributed by atoms with Crippen molar-refractivity contribution in [3.05, 3.63) is 56.3 Å². The van der Waals surface area contributed by atoms with Gasteiger partial charge in [-0.05, 0) is 78.8 Å². The van der Waals surface area contributed by atoms with Gasteiger partial charge in [0.15, 0.2) is 29.2 Å². The number of ether oxygens (including phenoxy) is 5. The summed E-state index contributed by atoms with van der Waals surface area (Å²) in [5, 5.41) is 19.8. The first-order valence-corrected chi connectivity index (χ1v) is 13.5. The Hall–Kier alpha value is -3.72. The molecule has 0 bridgehead atoms.